The molecule has 1 heterocycles. The lowest BCUT2D eigenvalue weighted by Crippen LogP contribution is -2.26. The van der Waals surface area contributed by atoms with Gasteiger partial charge in [-0.3, -0.25) is 4.98 Å². The third-order valence-electron chi connectivity index (χ3n) is 2.80. The highest BCUT2D eigenvalue weighted by Crippen LogP contribution is 2.19. The minimum atomic E-state index is -0.290. The quantitative estimate of drug-likeness (QED) is 0.682. The lowest BCUT2D eigenvalue weighted by molar-refractivity contribution is 0.526. The topological polar surface area (TPSA) is 73.6 Å². The summed E-state index contributed by atoms with van der Waals surface area (Å²) in [4.78, 5) is 14.5. The van der Waals surface area contributed by atoms with Gasteiger partial charge in [-0.05, 0) is 43.4 Å². The summed E-state index contributed by atoms with van der Waals surface area (Å²) in [7, 11) is 0. The van der Waals surface area contributed by atoms with Gasteiger partial charge >= 0.3 is 5.69 Å². The SMILES string of the molecule is C[C@H](CCSc1ccc(F)cc1)NCc1n[nH]c(=O)[nH]1. The molecule has 0 saturated carbocycles. The normalized spacial score (nSPS) is 12.5. The van der Waals surface area contributed by atoms with Gasteiger partial charge in [0.1, 0.15) is 11.6 Å². The van der Waals surface area contributed by atoms with Gasteiger partial charge in [-0.1, -0.05) is 0 Å². The number of nitrogens with zero attached hydrogens (tertiary/aromatic N) is 1. The van der Waals surface area contributed by atoms with Crippen molar-refractivity contribution in [2.45, 2.75) is 30.8 Å². The molecular weight excluding hydrogens is 279 g/mol. The van der Waals surface area contributed by atoms with Gasteiger partial charge in [0.15, 0.2) is 0 Å². The van der Waals surface area contributed by atoms with Crippen LogP contribution >= 0.6 is 11.8 Å². The predicted octanol–water partition coefficient (Wildman–Crippen LogP) is 1.90. The molecule has 0 aliphatic carbocycles. The maximum atomic E-state index is 12.7. The average molecular weight is 296 g/mol. The molecule has 2 aromatic rings. The first kappa shape index (κ1) is 14.8. The molecule has 0 bridgehead atoms. The number of aromatic amines is 2. The Morgan fingerprint density at radius 2 is 2.15 bits per heavy atom. The first-order valence-corrected chi connectivity index (χ1v) is 7.37. The molecule has 0 amide bonds. The van der Waals surface area contributed by atoms with Gasteiger partial charge in [0.2, 0.25) is 0 Å². The monoisotopic (exact) mass is 296 g/mol. The van der Waals surface area contributed by atoms with Crippen LogP contribution in [-0.4, -0.2) is 27.0 Å². The smallest absolute Gasteiger partial charge is 0.307 e. The van der Waals surface area contributed by atoms with Crippen molar-refractivity contribution in [2.75, 3.05) is 5.75 Å². The molecule has 5 nitrogen and oxygen atoms in total. The number of thioether (sulfide) groups is 1. The van der Waals surface area contributed by atoms with Crippen LogP contribution in [0, 0.1) is 5.82 Å². The molecule has 1 aromatic heterocycles. The summed E-state index contributed by atoms with van der Waals surface area (Å²) in [5.74, 6) is 1.34. The summed E-state index contributed by atoms with van der Waals surface area (Å²) in [6, 6.07) is 6.82. The van der Waals surface area contributed by atoms with E-state index in [1.807, 2.05) is 0 Å². The van der Waals surface area contributed by atoms with Gasteiger partial charge in [0.25, 0.3) is 0 Å². The van der Waals surface area contributed by atoms with E-state index in [0.29, 0.717) is 18.4 Å². The van der Waals surface area contributed by atoms with Crippen LogP contribution in [0.3, 0.4) is 0 Å². The number of hydrogen-bond donors (Lipinski definition) is 3. The number of hydrogen-bond acceptors (Lipinski definition) is 4. The fourth-order valence-corrected chi connectivity index (χ4v) is 2.68. The molecule has 0 aliphatic heterocycles. The molecule has 3 N–H and O–H groups in total. The van der Waals surface area contributed by atoms with Crippen molar-refractivity contribution in [1.82, 2.24) is 20.5 Å². The minimum absolute atomic E-state index is 0.211. The van der Waals surface area contributed by atoms with Crippen molar-refractivity contribution in [1.29, 1.82) is 0 Å². The second kappa shape index (κ2) is 7.25. The van der Waals surface area contributed by atoms with Gasteiger partial charge in [0.05, 0.1) is 6.54 Å². The maximum Gasteiger partial charge on any atom is 0.340 e. The zero-order valence-corrected chi connectivity index (χ0v) is 12.0. The molecule has 7 heteroatoms. The van der Waals surface area contributed by atoms with Crippen molar-refractivity contribution in [3.05, 3.63) is 46.4 Å². The number of halogens is 1. The number of nitrogens with one attached hydrogen (secondary N) is 3. The fourth-order valence-electron chi connectivity index (χ4n) is 1.65. The van der Waals surface area contributed by atoms with Crippen molar-refractivity contribution in [3.63, 3.8) is 0 Å². The highest BCUT2D eigenvalue weighted by Gasteiger charge is 2.04. The molecule has 0 radical (unpaired) electrons. The predicted molar refractivity (Wildman–Crippen MR) is 77.3 cm³/mol. The summed E-state index contributed by atoms with van der Waals surface area (Å²) in [5.41, 5.74) is -0.290. The number of rotatable bonds is 7. The summed E-state index contributed by atoms with van der Waals surface area (Å²) < 4.78 is 12.7. The second-order valence-corrected chi connectivity index (χ2v) is 5.67. The van der Waals surface area contributed by atoms with E-state index in [4.69, 9.17) is 0 Å². The van der Waals surface area contributed by atoms with Gasteiger partial charge in [-0.25, -0.2) is 14.3 Å². The highest BCUT2D eigenvalue weighted by atomic mass is 32.2. The molecule has 0 fully saturated rings. The molecule has 108 valence electrons. The Kier molecular flexibility index (Phi) is 5.37. The van der Waals surface area contributed by atoms with Crippen LogP contribution in [-0.2, 0) is 6.54 Å². The lowest BCUT2D eigenvalue weighted by Gasteiger charge is -2.12. The Bertz CT molecular complexity index is 581. The Hall–Kier alpha value is -1.60. The second-order valence-electron chi connectivity index (χ2n) is 4.50. The fraction of sp³-hybridized carbons (Fsp3) is 0.385. The van der Waals surface area contributed by atoms with E-state index in [-0.39, 0.29) is 11.5 Å². The molecule has 0 aliphatic rings. The van der Waals surface area contributed by atoms with Crippen LogP contribution in [0.15, 0.2) is 34.0 Å². The molecular formula is C13H17FN4OS. The van der Waals surface area contributed by atoms with Gasteiger partial charge in [-0.2, -0.15) is 5.10 Å². The van der Waals surface area contributed by atoms with E-state index >= 15 is 0 Å². The van der Waals surface area contributed by atoms with Crippen LogP contribution in [0.2, 0.25) is 0 Å². The van der Waals surface area contributed by atoms with Crippen molar-refractivity contribution < 1.29 is 4.39 Å². The van der Waals surface area contributed by atoms with E-state index in [0.717, 1.165) is 17.1 Å². The first-order valence-electron chi connectivity index (χ1n) is 6.39. The van der Waals surface area contributed by atoms with E-state index < -0.39 is 0 Å². The van der Waals surface area contributed by atoms with E-state index in [2.05, 4.69) is 27.4 Å². The molecule has 2 rings (SSSR count). The van der Waals surface area contributed by atoms with Gasteiger partial charge in [-0.15, -0.1) is 11.8 Å². The van der Waals surface area contributed by atoms with Crippen LogP contribution < -0.4 is 11.0 Å². The van der Waals surface area contributed by atoms with Gasteiger partial charge < -0.3 is 5.32 Å². The van der Waals surface area contributed by atoms with E-state index in [1.165, 1.54) is 12.1 Å². The molecule has 20 heavy (non-hydrogen) atoms. The summed E-state index contributed by atoms with van der Waals surface area (Å²) >= 11 is 1.70. The lowest BCUT2D eigenvalue weighted by atomic mass is 10.2. The Morgan fingerprint density at radius 3 is 2.80 bits per heavy atom. The first-order chi connectivity index (χ1) is 9.63. The zero-order valence-electron chi connectivity index (χ0n) is 11.1. The van der Waals surface area contributed by atoms with Gasteiger partial charge in [0, 0.05) is 10.9 Å². The van der Waals surface area contributed by atoms with Crippen molar-refractivity contribution >= 4 is 11.8 Å². The molecule has 0 unspecified atom stereocenters. The zero-order chi connectivity index (χ0) is 14.4. The van der Waals surface area contributed by atoms with Crippen LogP contribution in [0.25, 0.3) is 0 Å². The van der Waals surface area contributed by atoms with Crippen molar-refractivity contribution in [2.24, 2.45) is 0 Å². The van der Waals surface area contributed by atoms with Crippen LogP contribution in [0.5, 0.6) is 0 Å². The minimum Gasteiger partial charge on any atom is -0.307 e. The number of H-pyrrole nitrogens is 2. The molecule has 1 aromatic carbocycles. The summed E-state index contributed by atoms with van der Waals surface area (Å²) in [6.45, 7) is 2.61. The Labute approximate surface area is 120 Å². The van der Waals surface area contributed by atoms with E-state index in [9.17, 15) is 9.18 Å². The molecule has 0 saturated heterocycles. The van der Waals surface area contributed by atoms with E-state index in [1.54, 1.807) is 23.9 Å². The highest BCUT2D eigenvalue weighted by molar-refractivity contribution is 7.99. The Morgan fingerprint density at radius 1 is 1.40 bits per heavy atom. The average Bonchev–Trinajstić information content (AvgIpc) is 2.85. The standard InChI is InChI=1S/C13H17FN4OS/c1-9(15-8-12-16-13(19)18-17-12)6-7-20-11-4-2-10(14)3-5-11/h2-5,9,15H,6-8H2,1H3,(H2,16,17,18,19)/t9-/m1/s1. The largest absolute Gasteiger partial charge is 0.340 e. The summed E-state index contributed by atoms with van der Waals surface area (Å²) in [5, 5.41) is 9.43. The third-order valence-corrected chi connectivity index (χ3v) is 3.85. The van der Waals surface area contributed by atoms with Crippen LogP contribution in [0.1, 0.15) is 19.2 Å². The Balaban J connectivity index is 1.66. The van der Waals surface area contributed by atoms with Crippen LogP contribution in [0.4, 0.5) is 4.39 Å². The van der Waals surface area contributed by atoms with Crippen molar-refractivity contribution in [3.8, 4) is 0 Å². The molecule has 0 spiro atoms. The number of aromatic nitrogens is 3. The third kappa shape index (κ3) is 4.82. The summed E-state index contributed by atoms with van der Waals surface area (Å²) in [6.07, 6.45) is 0.969. The maximum absolute atomic E-state index is 12.7. The number of benzene rings is 1. The molecule has 1 atom stereocenters.